The van der Waals surface area contributed by atoms with E-state index < -0.39 is 0 Å². The summed E-state index contributed by atoms with van der Waals surface area (Å²) in [4.78, 5) is 10.8. The van der Waals surface area contributed by atoms with Crippen molar-refractivity contribution in [2.45, 2.75) is 51.9 Å². The number of anilines is 1. The standard InChI is InChI=1S/C14H20N4O2S/c1-7-4-10(5-8(2)19-7)20-12-11-6-9(3)21-13(11)17-14(16-12)18-15/h6-8,10H,4-5,15H2,1-3H3,(H,16,17,18). The van der Waals surface area contributed by atoms with Gasteiger partial charge in [0.05, 0.1) is 17.6 Å². The van der Waals surface area contributed by atoms with Crippen LogP contribution in [0.15, 0.2) is 6.07 Å². The first-order valence-electron chi connectivity index (χ1n) is 7.12. The monoisotopic (exact) mass is 308 g/mol. The van der Waals surface area contributed by atoms with Gasteiger partial charge >= 0.3 is 0 Å². The molecule has 114 valence electrons. The lowest BCUT2D eigenvalue weighted by molar-refractivity contribution is -0.0726. The van der Waals surface area contributed by atoms with Crippen molar-refractivity contribution in [3.05, 3.63) is 10.9 Å². The van der Waals surface area contributed by atoms with E-state index in [0.29, 0.717) is 11.8 Å². The van der Waals surface area contributed by atoms with E-state index in [1.807, 2.05) is 6.92 Å². The van der Waals surface area contributed by atoms with Gasteiger partial charge in [0.1, 0.15) is 10.9 Å². The smallest absolute Gasteiger partial charge is 0.241 e. The highest BCUT2D eigenvalue weighted by Crippen LogP contribution is 2.33. The Labute approximate surface area is 127 Å². The van der Waals surface area contributed by atoms with Crippen molar-refractivity contribution in [2.24, 2.45) is 5.84 Å². The third kappa shape index (κ3) is 3.09. The summed E-state index contributed by atoms with van der Waals surface area (Å²) < 4.78 is 11.9. The lowest BCUT2D eigenvalue weighted by atomic mass is 10.0. The van der Waals surface area contributed by atoms with Crippen molar-refractivity contribution in [3.63, 3.8) is 0 Å². The van der Waals surface area contributed by atoms with Crippen molar-refractivity contribution in [2.75, 3.05) is 5.43 Å². The number of aryl methyl sites for hydroxylation is 1. The molecule has 3 heterocycles. The SMILES string of the molecule is Cc1cc2c(OC3CC(C)OC(C)C3)nc(NN)nc2s1. The summed E-state index contributed by atoms with van der Waals surface area (Å²) >= 11 is 1.61. The van der Waals surface area contributed by atoms with E-state index in [0.717, 1.165) is 23.1 Å². The predicted molar refractivity (Wildman–Crippen MR) is 83.6 cm³/mol. The number of ether oxygens (including phenoxy) is 2. The predicted octanol–water partition coefficient (Wildman–Crippen LogP) is 2.62. The van der Waals surface area contributed by atoms with Gasteiger partial charge in [0.25, 0.3) is 0 Å². The highest BCUT2D eigenvalue weighted by Gasteiger charge is 2.27. The summed E-state index contributed by atoms with van der Waals surface area (Å²) in [7, 11) is 0. The highest BCUT2D eigenvalue weighted by atomic mass is 32.1. The number of hydrazine groups is 1. The van der Waals surface area contributed by atoms with E-state index in [-0.39, 0.29) is 18.3 Å². The van der Waals surface area contributed by atoms with Gasteiger partial charge in [-0.2, -0.15) is 4.98 Å². The Bertz CT molecular complexity index is 635. The molecule has 2 atom stereocenters. The first kappa shape index (κ1) is 14.5. The Morgan fingerprint density at radius 2 is 2.05 bits per heavy atom. The Kier molecular flexibility index (Phi) is 3.97. The van der Waals surface area contributed by atoms with E-state index in [9.17, 15) is 0 Å². The summed E-state index contributed by atoms with van der Waals surface area (Å²) in [6.07, 6.45) is 2.24. The molecule has 1 aliphatic rings. The zero-order chi connectivity index (χ0) is 15.0. The summed E-state index contributed by atoms with van der Waals surface area (Å²) in [5.41, 5.74) is 2.50. The van der Waals surface area contributed by atoms with E-state index in [2.05, 4.69) is 35.3 Å². The molecule has 0 spiro atoms. The second-order valence-corrected chi connectivity index (χ2v) is 6.78. The number of aromatic nitrogens is 2. The number of fused-ring (bicyclic) bond motifs is 1. The molecule has 7 heteroatoms. The second-order valence-electron chi connectivity index (χ2n) is 5.54. The Balaban J connectivity index is 1.91. The van der Waals surface area contributed by atoms with Gasteiger partial charge in [-0.1, -0.05) is 0 Å². The summed E-state index contributed by atoms with van der Waals surface area (Å²) in [6.45, 7) is 6.19. The molecule has 0 amide bonds. The first-order chi connectivity index (χ1) is 10.0. The molecule has 3 rings (SSSR count). The van der Waals surface area contributed by atoms with Crippen molar-refractivity contribution in [1.29, 1.82) is 0 Å². The van der Waals surface area contributed by atoms with Crippen LogP contribution in [0.3, 0.4) is 0 Å². The lowest BCUT2D eigenvalue weighted by Gasteiger charge is -2.32. The van der Waals surface area contributed by atoms with Crippen LogP contribution in [0.25, 0.3) is 10.2 Å². The Morgan fingerprint density at radius 3 is 2.71 bits per heavy atom. The lowest BCUT2D eigenvalue weighted by Crippen LogP contribution is -2.36. The number of nitrogens with zero attached hydrogens (tertiary/aromatic N) is 2. The molecule has 3 N–H and O–H groups in total. The topological polar surface area (TPSA) is 82.3 Å². The minimum Gasteiger partial charge on any atom is -0.474 e. The van der Waals surface area contributed by atoms with Gasteiger partial charge in [-0.05, 0) is 26.8 Å². The van der Waals surface area contributed by atoms with E-state index in [1.165, 1.54) is 4.88 Å². The van der Waals surface area contributed by atoms with Crippen LogP contribution >= 0.6 is 11.3 Å². The fourth-order valence-electron chi connectivity index (χ4n) is 2.77. The van der Waals surface area contributed by atoms with Crippen molar-refractivity contribution in [3.8, 4) is 5.88 Å². The molecule has 2 unspecified atom stereocenters. The third-order valence-electron chi connectivity index (χ3n) is 3.54. The molecule has 21 heavy (non-hydrogen) atoms. The number of hydrogen-bond acceptors (Lipinski definition) is 7. The normalized spacial score (nSPS) is 26.0. The van der Waals surface area contributed by atoms with Crippen molar-refractivity contribution >= 4 is 27.5 Å². The molecule has 0 bridgehead atoms. The van der Waals surface area contributed by atoms with Crippen LogP contribution in [-0.2, 0) is 4.74 Å². The van der Waals surface area contributed by atoms with Crippen LogP contribution in [0.1, 0.15) is 31.6 Å². The Hall–Kier alpha value is -1.44. The number of hydrogen-bond donors (Lipinski definition) is 2. The molecule has 6 nitrogen and oxygen atoms in total. The van der Waals surface area contributed by atoms with Crippen LogP contribution in [-0.4, -0.2) is 28.3 Å². The van der Waals surface area contributed by atoms with Gasteiger partial charge < -0.3 is 9.47 Å². The summed E-state index contributed by atoms with van der Waals surface area (Å²) in [5.74, 6) is 6.43. The molecule has 2 aromatic rings. The molecule has 1 aliphatic heterocycles. The van der Waals surface area contributed by atoms with Crippen LogP contribution in [0, 0.1) is 6.92 Å². The van der Waals surface area contributed by atoms with Gasteiger partial charge in [0, 0.05) is 17.7 Å². The average molecular weight is 308 g/mol. The minimum atomic E-state index is 0.104. The van der Waals surface area contributed by atoms with Crippen molar-refractivity contribution in [1.82, 2.24) is 9.97 Å². The van der Waals surface area contributed by atoms with Crippen LogP contribution in [0.5, 0.6) is 5.88 Å². The summed E-state index contributed by atoms with van der Waals surface area (Å²) in [6, 6.07) is 2.06. The number of nitrogens with two attached hydrogens (primary N) is 1. The van der Waals surface area contributed by atoms with Gasteiger partial charge in [0.15, 0.2) is 0 Å². The Morgan fingerprint density at radius 1 is 1.33 bits per heavy atom. The van der Waals surface area contributed by atoms with Crippen LogP contribution < -0.4 is 16.0 Å². The van der Waals surface area contributed by atoms with Crippen LogP contribution in [0.2, 0.25) is 0 Å². The molecule has 0 saturated carbocycles. The maximum atomic E-state index is 6.15. The molecule has 0 radical (unpaired) electrons. The van der Waals surface area contributed by atoms with Gasteiger partial charge in [-0.25, -0.2) is 10.8 Å². The largest absolute Gasteiger partial charge is 0.474 e. The maximum Gasteiger partial charge on any atom is 0.241 e. The van der Waals surface area contributed by atoms with E-state index >= 15 is 0 Å². The summed E-state index contributed by atoms with van der Waals surface area (Å²) in [5, 5.41) is 0.947. The molecule has 1 fully saturated rings. The molecular formula is C14H20N4O2S. The average Bonchev–Trinajstić information content (AvgIpc) is 2.78. The van der Waals surface area contributed by atoms with Gasteiger partial charge in [-0.3, -0.25) is 5.43 Å². The maximum absolute atomic E-state index is 6.15. The number of rotatable bonds is 3. The zero-order valence-corrected chi connectivity index (χ0v) is 13.2. The second kappa shape index (κ2) is 5.75. The van der Waals surface area contributed by atoms with Crippen molar-refractivity contribution < 1.29 is 9.47 Å². The van der Waals surface area contributed by atoms with Crippen LogP contribution in [0.4, 0.5) is 5.95 Å². The van der Waals surface area contributed by atoms with E-state index in [1.54, 1.807) is 11.3 Å². The molecule has 1 saturated heterocycles. The van der Waals surface area contributed by atoms with E-state index in [4.69, 9.17) is 15.3 Å². The number of thiophene rings is 1. The first-order valence-corrected chi connectivity index (χ1v) is 7.93. The fraction of sp³-hybridized carbons (Fsp3) is 0.571. The highest BCUT2D eigenvalue weighted by molar-refractivity contribution is 7.18. The molecular weight excluding hydrogens is 288 g/mol. The molecule has 0 aliphatic carbocycles. The molecule has 0 aromatic carbocycles. The van der Waals surface area contributed by atoms with Gasteiger partial charge in [-0.15, -0.1) is 11.3 Å². The zero-order valence-electron chi connectivity index (χ0n) is 12.4. The number of nitrogens with one attached hydrogen (secondary N) is 1. The molecule has 2 aromatic heterocycles. The third-order valence-corrected chi connectivity index (χ3v) is 4.49. The number of nitrogen functional groups attached to an aromatic ring is 1. The fourth-order valence-corrected chi connectivity index (χ4v) is 3.64. The van der Waals surface area contributed by atoms with Gasteiger partial charge in [0.2, 0.25) is 11.8 Å². The minimum absolute atomic E-state index is 0.104. The quantitative estimate of drug-likeness (QED) is 0.670.